The van der Waals surface area contributed by atoms with Gasteiger partial charge in [-0.3, -0.25) is 4.90 Å². The first-order valence-corrected chi connectivity index (χ1v) is 3.98. The first-order valence-electron chi connectivity index (χ1n) is 3.98. The topological polar surface area (TPSA) is 55.0 Å². The van der Waals surface area contributed by atoms with Gasteiger partial charge in [0.15, 0.2) is 0 Å². The molecule has 0 aliphatic carbocycles. The summed E-state index contributed by atoms with van der Waals surface area (Å²) >= 11 is 0. The Bertz CT molecular complexity index is 249. The number of hydrogen-bond acceptors (Lipinski definition) is 4. The first kappa shape index (κ1) is 8.93. The van der Waals surface area contributed by atoms with Crippen LogP contribution in [-0.4, -0.2) is 28.5 Å². The van der Waals surface area contributed by atoms with Gasteiger partial charge in [-0.05, 0) is 19.7 Å². The number of anilines is 1. The quantitative estimate of drug-likeness (QED) is 0.711. The third kappa shape index (κ3) is 2.47. The number of hydrogen-bond donors (Lipinski definition) is 1. The van der Waals surface area contributed by atoms with E-state index >= 15 is 0 Å². The Morgan fingerprint density at radius 3 is 2.92 bits per heavy atom. The average Bonchev–Trinajstić information content (AvgIpc) is 2.04. The van der Waals surface area contributed by atoms with Crippen LogP contribution in [-0.2, 0) is 6.54 Å². The summed E-state index contributed by atoms with van der Waals surface area (Å²) in [6.07, 6.45) is 1.68. The Morgan fingerprint density at radius 2 is 2.33 bits per heavy atom. The third-order valence-corrected chi connectivity index (χ3v) is 1.68. The molecule has 0 spiro atoms. The van der Waals surface area contributed by atoms with Gasteiger partial charge in [0.2, 0.25) is 0 Å². The van der Waals surface area contributed by atoms with Gasteiger partial charge in [-0.2, -0.15) is 0 Å². The summed E-state index contributed by atoms with van der Waals surface area (Å²) < 4.78 is 0. The molecule has 0 saturated carbocycles. The van der Waals surface area contributed by atoms with Gasteiger partial charge in [-0.1, -0.05) is 6.92 Å². The van der Waals surface area contributed by atoms with E-state index < -0.39 is 0 Å². The van der Waals surface area contributed by atoms with Gasteiger partial charge in [0.1, 0.15) is 11.6 Å². The van der Waals surface area contributed by atoms with Crippen LogP contribution >= 0.6 is 0 Å². The summed E-state index contributed by atoms with van der Waals surface area (Å²) in [6, 6.07) is 1.69. The molecule has 0 amide bonds. The van der Waals surface area contributed by atoms with Crippen molar-refractivity contribution in [3.63, 3.8) is 0 Å². The highest BCUT2D eigenvalue weighted by atomic mass is 15.1. The standard InChI is InChI=1S/C8H14N4/c1-3-12(2)6-8-10-5-4-7(9)11-8/h4-5H,3,6H2,1-2H3,(H2,9,10,11). The fourth-order valence-electron chi connectivity index (χ4n) is 0.844. The van der Waals surface area contributed by atoms with E-state index in [0.29, 0.717) is 5.82 Å². The van der Waals surface area contributed by atoms with Crippen LogP contribution in [0.4, 0.5) is 5.82 Å². The lowest BCUT2D eigenvalue weighted by Gasteiger charge is -2.11. The number of nitrogen functional groups attached to an aromatic ring is 1. The minimum Gasteiger partial charge on any atom is -0.384 e. The molecule has 0 aliphatic heterocycles. The van der Waals surface area contributed by atoms with Crippen molar-refractivity contribution < 1.29 is 0 Å². The van der Waals surface area contributed by atoms with Crippen LogP contribution in [0.5, 0.6) is 0 Å². The predicted molar refractivity (Wildman–Crippen MR) is 48.5 cm³/mol. The van der Waals surface area contributed by atoms with Crippen molar-refractivity contribution in [2.75, 3.05) is 19.3 Å². The molecular weight excluding hydrogens is 152 g/mol. The highest BCUT2D eigenvalue weighted by Crippen LogP contribution is 1.98. The largest absolute Gasteiger partial charge is 0.384 e. The minimum absolute atomic E-state index is 0.532. The average molecular weight is 166 g/mol. The van der Waals surface area contributed by atoms with Crippen molar-refractivity contribution in [1.29, 1.82) is 0 Å². The van der Waals surface area contributed by atoms with Gasteiger partial charge < -0.3 is 5.73 Å². The monoisotopic (exact) mass is 166 g/mol. The van der Waals surface area contributed by atoms with Crippen LogP contribution in [0.1, 0.15) is 12.7 Å². The highest BCUT2D eigenvalue weighted by Gasteiger charge is 1.99. The van der Waals surface area contributed by atoms with Gasteiger partial charge in [0.25, 0.3) is 0 Å². The fourth-order valence-corrected chi connectivity index (χ4v) is 0.844. The maximum atomic E-state index is 5.51. The normalized spacial score (nSPS) is 10.6. The molecule has 4 heteroatoms. The zero-order valence-electron chi connectivity index (χ0n) is 7.49. The van der Waals surface area contributed by atoms with Crippen LogP contribution in [0.3, 0.4) is 0 Å². The van der Waals surface area contributed by atoms with Gasteiger partial charge >= 0.3 is 0 Å². The van der Waals surface area contributed by atoms with E-state index in [9.17, 15) is 0 Å². The Hall–Kier alpha value is -1.16. The summed E-state index contributed by atoms with van der Waals surface area (Å²) in [6.45, 7) is 3.83. The molecule has 2 N–H and O–H groups in total. The smallest absolute Gasteiger partial charge is 0.144 e. The zero-order chi connectivity index (χ0) is 8.97. The van der Waals surface area contributed by atoms with Gasteiger partial charge in [0.05, 0.1) is 6.54 Å². The van der Waals surface area contributed by atoms with Gasteiger partial charge in [-0.15, -0.1) is 0 Å². The van der Waals surface area contributed by atoms with Gasteiger partial charge in [-0.25, -0.2) is 9.97 Å². The molecule has 0 atom stereocenters. The predicted octanol–water partition coefficient (Wildman–Crippen LogP) is 0.511. The summed E-state index contributed by atoms with van der Waals surface area (Å²) in [5.74, 6) is 1.31. The van der Waals surface area contributed by atoms with Crippen LogP contribution in [0.15, 0.2) is 12.3 Å². The van der Waals surface area contributed by atoms with E-state index in [4.69, 9.17) is 5.73 Å². The number of rotatable bonds is 3. The summed E-state index contributed by atoms with van der Waals surface area (Å²) in [5, 5.41) is 0. The second-order valence-corrected chi connectivity index (χ2v) is 2.73. The number of nitrogens with two attached hydrogens (primary N) is 1. The minimum atomic E-state index is 0.532. The lowest BCUT2D eigenvalue weighted by Crippen LogP contribution is -2.18. The second-order valence-electron chi connectivity index (χ2n) is 2.73. The molecule has 66 valence electrons. The Labute approximate surface area is 72.4 Å². The van der Waals surface area contributed by atoms with E-state index in [-0.39, 0.29) is 0 Å². The molecule has 0 aliphatic rings. The molecule has 0 radical (unpaired) electrons. The van der Waals surface area contributed by atoms with Crippen LogP contribution < -0.4 is 5.73 Å². The summed E-state index contributed by atoms with van der Waals surface area (Å²) in [7, 11) is 2.02. The lowest BCUT2D eigenvalue weighted by atomic mass is 10.5. The van der Waals surface area contributed by atoms with E-state index in [1.165, 1.54) is 0 Å². The van der Waals surface area contributed by atoms with E-state index in [1.807, 2.05) is 7.05 Å². The number of aromatic nitrogens is 2. The molecule has 0 fully saturated rings. The molecule has 0 saturated heterocycles. The molecule has 0 unspecified atom stereocenters. The van der Waals surface area contributed by atoms with Crippen molar-refractivity contribution in [3.8, 4) is 0 Å². The number of nitrogens with zero attached hydrogens (tertiary/aromatic N) is 3. The molecule has 1 heterocycles. The maximum Gasteiger partial charge on any atom is 0.144 e. The zero-order valence-corrected chi connectivity index (χ0v) is 7.49. The van der Waals surface area contributed by atoms with Crippen LogP contribution in [0, 0.1) is 0 Å². The van der Waals surface area contributed by atoms with Crippen molar-refractivity contribution in [1.82, 2.24) is 14.9 Å². The lowest BCUT2D eigenvalue weighted by molar-refractivity contribution is 0.336. The van der Waals surface area contributed by atoms with Crippen molar-refractivity contribution in [3.05, 3.63) is 18.1 Å². The van der Waals surface area contributed by atoms with E-state index in [1.54, 1.807) is 12.3 Å². The molecule has 1 aromatic rings. The summed E-state index contributed by atoms with van der Waals surface area (Å²) in [4.78, 5) is 10.3. The Kier molecular flexibility index (Phi) is 2.99. The highest BCUT2D eigenvalue weighted by molar-refractivity contribution is 5.24. The second kappa shape index (κ2) is 4.01. The van der Waals surface area contributed by atoms with Crippen LogP contribution in [0.2, 0.25) is 0 Å². The molecular formula is C8H14N4. The molecule has 1 aromatic heterocycles. The van der Waals surface area contributed by atoms with E-state index in [2.05, 4.69) is 21.8 Å². The van der Waals surface area contributed by atoms with E-state index in [0.717, 1.165) is 18.9 Å². The Morgan fingerprint density at radius 1 is 1.58 bits per heavy atom. The fraction of sp³-hybridized carbons (Fsp3) is 0.500. The molecule has 12 heavy (non-hydrogen) atoms. The molecule has 1 rings (SSSR count). The van der Waals surface area contributed by atoms with Gasteiger partial charge in [0, 0.05) is 6.20 Å². The van der Waals surface area contributed by atoms with Crippen molar-refractivity contribution in [2.45, 2.75) is 13.5 Å². The van der Waals surface area contributed by atoms with Crippen molar-refractivity contribution in [2.24, 2.45) is 0 Å². The third-order valence-electron chi connectivity index (χ3n) is 1.68. The first-order chi connectivity index (χ1) is 5.72. The molecule has 0 aromatic carbocycles. The van der Waals surface area contributed by atoms with Crippen molar-refractivity contribution >= 4 is 5.82 Å². The molecule has 0 bridgehead atoms. The maximum absolute atomic E-state index is 5.51. The van der Waals surface area contributed by atoms with Crippen LogP contribution in [0.25, 0.3) is 0 Å². The SMILES string of the molecule is CCN(C)Cc1nccc(N)n1. The molecule has 4 nitrogen and oxygen atoms in total. The summed E-state index contributed by atoms with van der Waals surface area (Å²) in [5.41, 5.74) is 5.51. The Balaban J connectivity index is 2.63.